The number of aliphatic hydroxyl groups excluding tert-OH is 1. The molecule has 0 aliphatic carbocycles. The minimum atomic E-state index is -0.663. The summed E-state index contributed by atoms with van der Waals surface area (Å²) in [6.07, 6.45) is 2.92. The monoisotopic (exact) mass is 500 g/mol. The summed E-state index contributed by atoms with van der Waals surface area (Å²) < 4.78 is 1.01. The molecule has 3 aliphatic heterocycles. The molecule has 0 radical (unpaired) electrons. The molecule has 11 heteroatoms. The lowest BCUT2D eigenvalue weighted by molar-refractivity contribution is -0.140. The molecule has 0 saturated carbocycles. The van der Waals surface area contributed by atoms with Crippen molar-refractivity contribution in [2.24, 2.45) is 17.8 Å². The van der Waals surface area contributed by atoms with Crippen molar-refractivity contribution in [3.8, 4) is 0 Å². The molecule has 10 nitrogen and oxygen atoms in total. The zero-order valence-electron chi connectivity index (χ0n) is 20.0. The molecule has 35 heavy (non-hydrogen) atoms. The number of benzene rings is 1. The van der Waals surface area contributed by atoms with E-state index < -0.39 is 22.6 Å². The third-order valence-electron chi connectivity index (χ3n) is 7.92. The number of unbranched alkanes of at least 4 members (excludes halogenated alkanes) is 2. The minimum Gasteiger partial charge on any atom is -0.396 e. The Morgan fingerprint density at radius 3 is 2.80 bits per heavy atom. The van der Waals surface area contributed by atoms with E-state index in [4.69, 9.17) is 5.11 Å². The van der Waals surface area contributed by atoms with Crippen LogP contribution in [0.2, 0.25) is 0 Å². The standard InChI is InChI=1S/C24H32N6O4S/c1-14-12-17-18(21(32)25-2)19-23(34)29(10-6-3-7-11-31)20(24(14,19)35-17)22(33)26-13-30-16-9-5-4-8-15(16)27-28-30/h4-5,8-9,14,17-20,31H,3,6-7,10-13H2,1-2H3,(H,25,32)(H,26,33)/t14?,17-,18+,19-,20?,24?/m0/s1. The Bertz CT molecular complexity index is 1140. The van der Waals surface area contributed by atoms with Crippen molar-refractivity contribution >= 4 is 40.5 Å². The molecule has 1 aromatic heterocycles. The fraction of sp³-hybridized carbons (Fsp3) is 0.625. The van der Waals surface area contributed by atoms with E-state index in [0.717, 1.165) is 23.9 Å². The van der Waals surface area contributed by atoms with Crippen molar-refractivity contribution in [1.82, 2.24) is 30.5 Å². The van der Waals surface area contributed by atoms with Gasteiger partial charge in [-0.05, 0) is 43.7 Å². The van der Waals surface area contributed by atoms with Crippen LogP contribution in [0.4, 0.5) is 0 Å². The Labute approximate surface area is 208 Å². The summed E-state index contributed by atoms with van der Waals surface area (Å²) in [5, 5.41) is 23.3. The number of hydrogen-bond donors (Lipinski definition) is 3. The van der Waals surface area contributed by atoms with Gasteiger partial charge < -0.3 is 20.6 Å². The molecule has 2 aromatic rings. The van der Waals surface area contributed by atoms with Gasteiger partial charge >= 0.3 is 0 Å². The topological polar surface area (TPSA) is 129 Å². The molecule has 3 amide bonds. The van der Waals surface area contributed by atoms with Gasteiger partial charge in [-0.2, -0.15) is 0 Å². The molecular formula is C24H32N6O4S. The lowest BCUT2D eigenvalue weighted by Crippen LogP contribution is -2.56. The van der Waals surface area contributed by atoms with Crippen LogP contribution in [0.15, 0.2) is 24.3 Å². The largest absolute Gasteiger partial charge is 0.396 e. The average Bonchev–Trinajstić information content (AvgIpc) is 3.57. The third kappa shape index (κ3) is 3.70. The summed E-state index contributed by atoms with van der Waals surface area (Å²) in [6, 6.07) is 6.88. The van der Waals surface area contributed by atoms with Crippen LogP contribution >= 0.6 is 11.8 Å². The zero-order chi connectivity index (χ0) is 24.7. The van der Waals surface area contributed by atoms with Gasteiger partial charge in [0, 0.05) is 25.4 Å². The minimum absolute atomic E-state index is 0.0324. The number of aromatic nitrogens is 3. The zero-order valence-corrected chi connectivity index (χ0v) is 20.8. The number of amides is 3. The van der Waals surface area contributed by atoms with Gasteiger partial charge in [-0.25, -0.2) is 4.68 Å². The molecule has 2 bridgehead atoms. The highest BCUT2D eigenvalue weighted by Crippen LogP contribution is 2.68. The normalized spacial score (nSPS) is 31.2. The third-order valence-corrected chi connectivity index (χ3v) is 10.00. The van der Waals surface area contributed by atoms with Crippen molar-refractivity contribution in [3.05, 3.63) is 24.3 Å². The summed E-state index contributed by atoms with van der Waals surface area (Å²) in [7, 11) is 1.60. The highest BCUT2D eigenvalue weighted by Gasteiger charge is 2.75. The van der Waals surface area contributed by atoms with E-state index in [1.54, 1.807) is 28.4 Å². The maximum absolute atomic E-state index is 13.8. The van der Waals surface area contributed by atoms with E-state index >= 15 is 0 Å². The molecular weight excluding hydrogens is 468 g/mol. The van der Waals surface area contributed by atoms with E-state index in [-0.39, 0.29) is 42.2 Å². The van der Waals surface area contributed by atoms with Crippen LogP contribution in [0.1, 0.15) is 32.6 Å². The van der Waals surface area contributed by atoms with E-state index in [1.165, 1.54) is 0 Å². The number of thioether (sulfide) groups is 1. The van der Waals surface area contributed by atoms with Crippen LogP contribution in [-0.4, -0.2) is 79.0 Å². The Morgan fingerprint density at radius 2 is 2.03 bits per heavy atom. The second-order valence-electron chi connectivity index (χ2n) is 9.76. The molecule has 3 fully saturated rings. The van der Waals surface area contributed by atoms with Gasteiger partial charge in [0.15, 0.2) is 0 Å². The smallest absolute Gasteiger partial charge is 0.245 e. The molecule has 1 aromatic carbocycles. The van der Waals surface area contributed by atoms with Gasteiger partial charge in [0.1, 0.15) is 18.2 Å². The van der Waals surface area contributed by atoms with Crippen molar-refractivity contribution in [2.75, 3.05) is 20.2 Å². The van der Waals surface area contributed by atoms with Gasteiger partial charge in [0.05, 0.1) is 22.1 Å². The maximum atomic E-state index is 13.8. The van der Waals surface area contributed by atoms with Crippen LogP contribution in [0.25, 0.3) is 11.0 Å². The highest BCUT2D eigenvalue weighted by atomic mass is 32.2. The fourth-order valence-electron chi connectivity index (χ4n) is 6.38. The molecule has 5 rings (SSSR count). The Morgan fingerprint density at radius 1 is 1.23 bits per heavy atom. The van der Waals surface area contributed by atoms with Crippen LogP contribution in [0, 0.1) is 17.8 Å². The summed E-state index contributed by atoms with van der Waals surface area (Å²) in [4.78, 5) is 42.2. The van der Waals surface area contributed by atoms with Crippen molar-refractivity contribution in [1.29, 1.82) is 0 Å². The molecule has 3 unspecified atom stereocenters. The molecule has 188 valence electrons. The number of carbonyl (C=O) groups excluding carboxylic acids is 3. The second-order valence-corrected chi connectivity index (χ2v) is 11.3. The predicted molar refractivity (Wildman–Crippen MR) is 131 cm³/mol. The Hall–Kier alpha value is -2.66. The number of nitrogens with one attached hydrogen (secondary N) is 2. The van der Waals surface area contributed by atoms with Crippen molar-refractivity contribution < 1.29 is 19.5 Å². The molecule has 3 N–H and O–H groups in total. The first-order valence-corrected chi connectivity index (χ1v) is 13.2. The first-order valence-electron chi connectivity index (χ1n) is 12.3. The Balaban J connectivity index is 1.44. The van der Waals surface area contributed by atoms with Gasteiger partial charge in [-0.3, -0.25) is 14.4 Å². The number of nitrogens with zero attached hydrogens (tertiary/aromatic N) is 4. The molecule has 3 aliphatic rings. The average molecular weight is 501 g/mol. The van der Waals surface area contributed by atoms with E-state index in [0.29, 0.717) is 19.4 Å². The van der Waals surface area contributed by atoms with Gasteiger partial charge in [-0.1, -0.05) is 24.3 Å². The maximum Gasteiger partial charge on any atom is 0.245 e. The number of rotatable bonds is 9. The van der Waals surface area contributed by atoms with Gasteiger partial charge in [0.25, 0.3) is 0 Å². The number of fused-ring (bicyclic) bond motifs is 2. The van der Waals surface area contributed by atoms with Gasteiger partial charge in [-0.15, -0.1) is 16.9 Å². The van der Waals surface area contributed by atoms with Crippen LogP contribution in [0.3, 0.4) is 0 Å². The lowest BCUT2D eigenvalue weighted by Gasteiger charge is -2.38. The molecule has 6 atom stereocenters. The molecule has 1 spiro atoms. The summed E-state index contributed by atoms with van der Waals surface area (Å²) in [5.41, 5.74) is 1.56. The SMILES string of the molecule is CNC(=O)[C@@H]1[C@@H]2CC(C)C3(S2)C(C(=O)NCn2nnc4ccccc42)N(CCCCCO)C(=O)[C@H]13. The number of aliphatic hydroxyl groups is 1. The number of carbonyl (C=O) groups is 3. The summed E-state index contributed by atoms with van der Waals surface area (Å²) in [6.45, 7) is 2.78. The first-order chi connectivity index (χ1) is 16.9. The van der Waals surface area contributed by atoms with E-state index in [9.17, 15) is 14.4 Å². The number of para-hydroxylation sites is 1. The van der Waals surface area contributed by atoms with E-state index in [1.807, 2.05) is 24.3 Å². The molecule has 4 heterocycles. The van der Waals surface area contributed by atoms with Crippen LogP contribution in [0.5, 0.6) is 0 Å². The van der Waals surface area contributed by atoms with Crippen molar-refractivity contribution in [2.45, 2.75) is 55.3 Å². The predicted octanol–water partition coefficient (Wildman–Crippen LogP) is 0.751. The molecule has 3 saturated heterocycles. The first kappa shape index (κ1) is 24.1. The van der Waals surface area contributed by atoms with Crippen molar-refractivity contribution in [3.63, 3.8) is 0 Å². The summed E-state index contributed by atoms with van der Waals surface area (Å²) in [5.74, 6) is -1.26. The van der Waals surface area contributed by atoms with Crippen LogP contribution < -0.4 is 10.6 Å². The highest BCUT2D eigenvalue weighted by molar-refractivity contribution is 8.02. The van der Waals surface area contributed by atoms with Gasteiger partial charge in [0.2, 0.25) is 17.7 Å². The number of likely N-dealkylation sites (tertiary alicyclic amines) is 1. The number of hydrogen-bond acceptors (Lipinski definition) is 7. The lowest BCUT2D eigenvalue weighted by atomic mass is 9.66. The second kappa shape index (κ2) is 9.42. The summed E-state index contributed by atoms with van der Waals surface area (Å²) >= 11 is 1.66. The van der Waals surface area contributed by atoms with Crippen LogP contribution in [-0.2, 0) is 21.1 Å². The fourth-order valence-corrected chi connectivity index (χ4v) is 8.80. The Kier molecular flexibility index (Phi) is 6.47. The van der Waals surface area contributed by atoms with E-state index in [2.05, 4.69) is 27.9 Å². The quantitative estimate of drug-likeness (QED) is 0.433.